The van der Waals surface area contributed by atoms with Crippen molar-refractivity contribution in [2.45, 2.75) is 19.8 Å². The van der Waals surface area contributed by atoms with Crippen molar-refractivity contribution >= 4 is 17.7 Å². The minimum Gasteiger partial charge on any atom is -0.495 e. The van der Waals surface area contributed by atoms with E-state index in [0.29, 0.717) is 43.5 Å². The summed E-state index contributed by atoms with van der Waals surface area (Å²) >= 11 is 0. The van der Waals surface area contributed by atoms with Crippen molar-refractivity contribution in [3.05, 3.63) is 24.3 Å². The Labute approximate surface area is 142 Å². The first kappa shape index (κ1) is 17.9. The number of hydrogen-bond donors (Lipinski definition) is 3. The smallest absolute Gasteiger partial charge is 0.321 e. The second kappa shape index (κ2) is 9.00. The van der Waals surface area contributed by atoms with Gasteiger partial charge in [0.25, 0.3) is 0 Å². The molecule has 0 spiro atoms. The first-order valence-corrected chi connectivity index (χ1v) is 8.34. The Balaban J connectivity index is 1.77. The van der Waals surface area contributed by atoms with Crippen molar-refractivity contribution in [1.29, 1.82) is 0 Å². The van der Waals surface area contributed by atoms with Crippen molar-refractivity contribution in [2.24, 2.45) is 5.92 Å². The molecule has 3 N–H and O–H groups in total. The third kappa shape index (κ3) is 5.04. The summed E-state index contributed by atoms with van der Waals surface area (Å²) in [5, 5.41) is 8.48. The maximum Gasteiger partial charge on any atom is 0.321 e. The molecule has 24 heavy (non-hydrogen) atoms. The Bertz CT molecular complexity index is 557. The van der Waals surface area contributed by atoms with Gasteiger partial charge in [0, 0.05) is 26.2 Å². The molecule has 7 heteroatoms. The molecule has 0 aliphatic carbocycles. The summed E-state index contributed by atoms with van der Waals surface area (Å²) in [6.45, 7) is 4.52. The van der Waals surface area contributed by atoms with Crippen LogP contribution in [0.3, 0.4) is 0 Å². The number of rotatable bonds is 5. The van der Waals surface area contributed by atoms with Crippen LogP contribution in [0.5, 0.6) is 5.75 Å². The van der Waals surface area contributed by atoms with Gasteiger partial charge < -0.3 is 25.6 Å². The van der Waals surface area contributed by atoms with Crippen LogP contribution in [0, 0.1) is 5.92 Å². The van der Waals surface area contributed by atoms with Crippen molar-refractivity contribution in [3.8, 4) is 5.75 Å². The van der Waals surface area contributed by atoms with E-state index in [4.69, 9.17) is 4.74 Å². The van der Waals surface area contributed by atoms with E-state index in [1.54, 1.807) is 12.0 Å². The zero-order valence-corrected chi connectivity index (χ0v) is 14.3. The van der Waals surface area contributed by atoms with E-state index < -0.39 is 0 Å². The average molecular weight is 334 g/mol. The van der Waals surface area contributed by atoms with Gasteiger partial charge in [-0.15, -0.1) is 0 Å². The lowest BCUT2D eigenvalue weighted by atomic mass is 9.97. The Morgan fingerprint density at radius 2 is 1.92 bits per heavy atom. The highest BCUT2D eigenvalue weighted by Gasteiger charge is 2.23. The molecule has 0 atom stereocenters. The lowest BCUT2D eigenvalue weighted by molar-refractivity contribution is 0.181. The average Bonchev–Trinajstić information content (AvgIpc) is 2.61. The standard InChI is InChI=1S/C17H26N4O3/c1-3-18-16(22)19-12-13-8-10-21(11-9-13)17(23)20-14-6-4-5-7-15(14)24-2/h4-7,13H,3,8-12H2,1-2H3,(H,20,23)(H2,18,19,22). The van der Waals surface area contributed by atoms with Gasteiger partial charge in [-0.05, 0) is 37.8 Å². The molecule has 0 bridgehead atoms. The minimum atomic E-state index is -0.131. The van der Waals surface area contributed by atoms with E-state index in [9.17, 15) is 9.59 Å². The van der Waals surface area contributed by atoms with E-state index in [-0.39, 0.29) is 12.1 Å². The second-order valence-corrected chi connectivity index (χ2v) is 5.80. The maximum atomic E-state index is 12.4. The number of anilines is 1. The Morgan fingerprint density at radius 1 is 1.21 bits per heavy atom. The number of nitrogens with one attached hydrogen (secondary N) is 3. The molecule has 4 amide bonds. The number of carbonyl (C=O) groups excluding carboxylic acids is 2. The molecule has 0 saturated carbocycles. The van der Waals surface area contributed by atoms with Gasteiger partial charge in [0.15, 0.2) is 0 Å². The van der Waals surface area contributed by atoms with Crippen LogP contribution in [0.1, 0.15) is 19.8 Å². The van der Waals surface area contributed by atoms with Crippen molar-refractivity contribution in [2.75, 3.05) is 38.6 Å². The summed E-state index contributed by atoms with van der Waals surface area (Å²) in [7, 11) is 1.58. The van der Waals surface area contributed by atoms with Crippen LogP contribution in [0.25, 0.3) is 0 Å². The molecule has 0 unspecified atom stereocenters. The molecule has 1 saturated heterocycles. The summed E-state index contributed by atoms with van der Waals surface area (Å²) in [5.74, 6) is 1.05. The number of ether oxygens (including phenoxy) is 1. The second-order valence-electron chi connectivity index (χ2n) is 5.80. The number of amides is 4. The van der Waals surface area contributed by atoms with E-state index in [2.05, 4.69) is 16.0 Å². The highest BCUT2D eigenvalue weighted by Crippen LogP contribution is 2.24. The molecule has 1 heterocycles. The van der Waals surface area contributed by atoms with Crippen LogP contribution < -0.4 is 20.7 Å². The topological polar surface area (TPSA) is 82.7 Å². The third-order valence-corrected chi connectivity index (χ3v) is 4.14. The molecule has 0 radical (unpaired) electrons. The molecule has 1 aromatic rings. The minimum absolute atomic E-state index is 0.116. The van der Waals surface area contributed by atoms with Crippen LogP contribution in [0.15, 0.2) is 24.3 Å². The molecule has 1 fully saturated rings. The third-order valence-electron chi connectivity index (χ3n) is 4.14. The highest BCUT2D eigenvalue weighted by atomic mass is 16.5. The fraction of sp³-hybridized carbons (Fsp3) is 0.529. The van der Waals surface area contributed by atoms with Gasteiger partial charge in [-0.2, -0.15) is 0 Å². The van der Waals surface area contributed by atoms with E-state index in [0.717, 1.165) is 12.8 Å². The number of hydrogen-bond acceptors (Lipinski definition) is 3. The maximum absolute atomic E-state index is 12.4. The van der Waals surface area contributed by atoms with E-state index in [1.165, 1.54) is 0 Å². The number of piperidine rings is 1. The summed E-state index contributed by atoms with van der Waals surface area (Å²) in [4.78, 5) is 25.6. The van der Waals surface area contributed by atoms with Crippen LogP contribution >= 0.6 is 0 Å². The Kier molecular flexibility index (Phi) is 6.72. The summed E-state index contributed by atoms with van der Waals surface area (Å²) in [5.41, 5.74) is 0.671. The number of methoxy groups -OCH3 is 1. The molecule has 132 valence electrons. The van der Waals surface area contributed by atoms with Crippen LogP contribution in [0.2, 0.25) is 0 Å². The number of para-hydroxylation sites is 2. The molecule has 1 aliphatic rings. The fourth-order valence-electron chi connectivity index (χ4n) is 2.74. The predicted molar refractivity (Wildman–Crippen MR) is 93.4 cm³/mol. The Morgan fingerprint density at radius 3 is 2.58 bits per heavy atom. The highest BCUT2D eigenvalue weighted by molar-refractivity contribution is 5.91. The van der Waals surface area contributed by atoms with Crippen molar-refractivity contribution in [3.63, 3.8) is 0 Å². The number of carbonyl (C=O) groups is 2. The number of nitrogens with zero attached hydrogens (tertiary/aromatic N) is 1. The van der Waals surface area contributed by atoms with Gasteiger partial charge in [-0.1, -0.05) is 12.1 Å². The number of benzene rings is 1. The van der Waals surface area contributed by atoms with E-state index >= 15 is 0 Å². The van der Waals surface area contributed by atoms with Gasteiger partial charge in [0.2, 0.25) is 0 Å². The van der Waals surface area contributed by atoms with Gasteiger partial charge >= 0.3 is 12.1 Å². The lowest BCUT2D eigenvalue weighted by Gasteiger charge is -2.32. The van der Waals surface area contributed by atoms with Gasteiger partial charge in [0.1, 0.15) is 5.75 Å². The first-order chi connectivity index (χ1) is 11.6. The monoisotopic (exact) mass is 334 g/mol. The SMILES string of the molecule is CCNC(=O)NCC1CCN(C(=O)Nc2ccccc2OC)CC1. The van der Waals surface area contributed by atoms with Crippen LogP contribution in [-0.4, -0.2) is 50.3 Å². The lowest BCUT2D eigenvalue weighted by Crippen LogP contribution is -2.44. The normalized spacial score (nSPS) is 14.8. The van der Waals surface area contributed by atoms with Crippen LogP contribution in [0.4, 0.5) is 15.3 Å². The van der Waals surface area contributed by atoms with Gasteiger partial charge in [-0.3, -0.25) is 0 Å². The molecular weight excluding hydrogens is 308 g/mol. The van der Waals surface area contributed by atoms with Crippen LogP contribution in [-0.2, 0) is 0 Å². The number of urea groups is 2. The molecule has 2 rings (SSSR count). The molecular formula is C17H26N4O3. The Hall–Kier alpha value is -2.44. The van der Waals surface area contributed by atoms with E-state index in [1.807, 2.05) is 31.2 Å². The zero-order valence-electron chi connectivity index (χ0n) is 14.3. The zero-order chi connectivity index (χ0) is 17.4. The quantitative estimate of drug-likeness (QED) is 0.772. The molecule has 0 aromatic heterocycles. The molecule has 1 aliphatic heterocycles. The predicted octanol–water partition coefficient (Wildman–Crippen LogP) is 2.26. The molecule has 7 nitrogen and oxygen atoms in total. The number of likely N-dealkylation sites (tertiary alicyclic amines) is 1. The fourth-order valence-corrected chi connectivity index (χ4v) is 2.74. The summed E-state index contributed by atoms with van der Waals surface area (Å²) in [6, 6.07) is 7.11. The molecule has 1 aromatic carbocycles. The largest absolute Gasteiger partial charge is 0.495 e. The van der Waals surface area contributed by atoms with Crippen molar-refractivity contribution in [1.82, 2.24) is 15.5 Å². The van der Waals surface area contributed by atoms with Crippen molar-refractivity contribution < 1.29 is 14.3 Å². The first-order valence-electron chi connectivity index (χ1n) is 8.34. The van der Waals surface area contributed by atoms with Gasteiger partial charge in [0.05, 0.1) is 12.8 Å². The summed E-state index contributed by atoms with van der Waals surface area (Å²) < 4.78 is 5.25. The van der Waals surface area contributed by atoms with Gasteiger partial charge in [-0.25, -0.2) is 9.59 Å². The summed E-state index contributed by atoms with van der Waals surface area (Å²) in [6.07, 6.45) is 1.76.